The van der Waals surface area contributed by atoms with Crippen LogP contribution in [0.4, 0.5) is 0 Å². The van der Waals surface area contributed by atoms with Gasteiger partial charge in [0.1, 0.15) is 10.6 Å². The van der Waals surface area contributed by atoms with Crippen LogP contribution in [0.5, 0.6) is 0 Å². The third-order valence-electron chi connectivity index (χ3n) is 1.93. The molecule has 1 aromatic rings. The van der Waals surface area contributed by atoms with E-state index in [4.69, 9.17) is 0 Å². The Kier molecular flexibility index (Phi) is 1.56. The van der Waals surface area contributed by atoms with Gasteiger partial charge in [0.05, 0.1) is 0 Å². The lowest BCUT2D eigenvalue weighted by molar-refractivity contribution is -0.128. The normalized spacial score (nSPS) is 23.4. The van der Waals surface area contributed by atoms with E-state index < -0.39 is 0 Å². The SMILES string of the molecule is O=C1CCC1n1ccc(Br)n1. The average Bonchev–Trinajstić information content (AvgIpc) is 2.33. The van der Waals surface area contributed by atoms with Crippen LogP contribution in [0.25, 0.3) is 0 Å². The molecule has 0 spiro atoms. The fourth-order valence-corrected chi connectivity index (χ4v) is 1.46. The highest BCUT2D eigenvalue weighted by molar-refractivity contribution is 9.10. The highest BCUT2D eigenvalue weighted by Crippen LogP contribution is 2.27. The number of halogens is 1. The Balaban J connectivity index is 2.23. The second-order valence-corrected chi connectivity index (χ2v) is 3.45. The van der Waals surface area contributed by atoms with Crippen molar-refractivity contribution in [3.05, 3.63) is 16.9 Å². The number of ketones is 1. The molecule has 0 radical (unpaired) electrons. The topological polar surface area (TPSA) is 34.9 Å². The Morgan fingerprint density at radius 1 is 1.73 bits per heavy atom. The quantitative estimate of drug-likeness (QED) is 0.712. The molecule has 1 fully saturated rings. The van der Waals surface area contributed by atoms with E-state index in [2.05, 4.69) is 21.0 Å². The van der Waals surface area contributed by atoms with Crippen LogP contribution in [0.2, 0.25) is 0 Å². The number of carbonyl (C=O) groups is 1. The molecule has 0 amide bonds. The van der Waals surface area contributed by atoms with Crippen LogP contribution >= 0.6 is 15.9 Å². The minimum Gasteiger partial charge on any atom is -0.297 e. The molecule has 1 unspecified atom stereocenters. The summed E-state index contributed by atoms with van der Waals surface area (Å²) in [5, 5.41) is 4.10. The van der Waals surface area contributed by atoms with Crippen molar-refractivity contribution in [2.45, 2.75) is 18.9 Å². The van der Waals surface area contributed by atoms with Crippen LogP contribution in [0.1, 0.15) is 18.9 Å². The summed E-state index contributed by atoms with van der Waals surface area (Å²) in [5.41, 5.74) is 0. The van der Waals surface area contributed by atoms with Gasteiger partial charge >= 0.3 is 0 Å². The van der Waals surface area contributed by atoms with Gasteiger partial charge < -0.3 is 0 Å². The van der Waals surface area contributed by atoms with Gasteiger partial charge in [-0.25, -0.2) is 0 Å². The molecule has 0 aliphatic heterocycles. The molecule has 3 nitrogen and oxygen atoms in total. The fraction of sp³-hybridized carbons (Fsp3) is 0.429. The zero-order valence-electron chi connectivity index (χ0n) is 5.83. The highest BCUT2D eigenvalue weighted by atomic mass is 79.9. The third-order valence-corrected chi connectivity index (χ3v) is 2.35. The predicted molar refractivity (Wildman–Crippen MR) is 43.2 cm³/mol. The van der Waals surface area contributed by atoms with Gasteiger partial charge in [0.15, 0.2) is 5.78 Å². The largest absolute Gasteiger partial charge is 0.297 e. The first kappa shape index (κ1) is 7.03. The molecular weight excluding hydrogens is 208 g/mol. The maximum atomic E-state index is 11.0. The Hall–Kier alpha value is -0.640. The summed E-state index contributed by atoms with van der Waals surface area (Å²) in [6, 6.07) is 1.85. The van der Waals surface area contributed by atoms with E-state index in [1.807, 2.05) is 12.3 Å². The van der Waals surface area contributed by atoms with E-state index in [1.54, 1.807) is 4.68 Å². The van der Waals surface area contributed by atoms with Crippen LogP contribution < -0.4 is 0 Å². The van der Waals surface area contributed by atoms with Crippen molar-refractivity contribution in [3.63, 3.8) is 0 Å². The van der Waals surface area contributed by atoms with Crippen LogP contribution in [-0.2, 0) is 4.79 Å². The van der Waals surface area contributed by atoms with Gasteiger partial charge in [-0.05, 0) is 28.4 Å². The second-order valence-electron chi connectivity index (χ2n) is 2.64. The molecule has 58 valence electrons. The number of carbonyl (C=O) groups excluding carboxylic acids is 1. The van der Waals surface area contributed by atoms with E-state index in [-0.39, 0.29) is 6.04 Å². The summed E-state index contributed by atoms with van der Waals surface area (Å²) in [6.07, 6.45) is 3.47. The van der Waals surface area contributed by atoms with E-state index in [0.717, 1.165) is 11.0 Å². The van der Waals surface area contributed by atoms with Crippen LogP contribution in [0.15, 0.2) is 16.9 Å². The van der Waals surface area contributed by atoms with E-state index in [0.29, 0.717) is 12.2 Å². The molecule has 1 aromatic heterocycles. The highest BCUT2D eigenvalue weighted by Gasteiger charge is 2.29. The van der Waals surface area contributed by atoms with Crippen molar-refractivity contribution in [1.29, 1.82) is 0 Å². The van der Waals surface area contributed by atoms with Crippen molar-refractivity contribution in [2.75, 3.05) is 0 Å². The molecule has 1 aliphatic rings. The van der Waals surface area contributed by atoms with Gasteiger partial charge in [0.25, 0.3) is 0 Å². The molecule has 1 heterocycles. The third kappa shape index (κ3) is 1.11. The van der Waals surface area contributed by atoms with Gasteiger partial charge in [-0.15, -0.1) is 0 Å². The van der Waals surface area contributed by atoms with E-state index in [9.17, 15) is 4.79 Å². The second kappa shape index (κ2) is 2.44. The van der Waals surface area contributed by atoms with E-state index >= 15 is 0 Å². The number of Topliss-reactive ketones (excluding diaryl/α,β-unsaturated/α-hetero) is 1. The summed E-state index contributed by atoms with van der Waals surface area (Å²) < 4.78 is 2.51. The fourth-order valence-electron chi connectivity index (χ4n) is 1.16. The molecule has 2 rings (SSSR count). The smallest absolute Gasteiger partial charge is 0.157 e. The van der Waals surface area contributed by atoms with Crippen LogP contribution in [-0.4, -0.2) is 15.6 Å². The first-order valence-electron chi connectivity index (χ1n) is 3.51. The van der Waals surface area contributed by atoms with Gasteiger partial charge in [0.2, 0.25) is 0 Å². The first-order valence-corrected chi connectivity index (χ1v) is 4.30. The van der Waals surface area contributed by atoms with Crippen molar-refractivity contribution in [1.82, 2.24) is 9.78 Å². The van der Waals surface area contributed by atoms with Crippen LogP contribution in [0, 0.1) is 0 Å². The maximum absolute atomic E-state index is 11.0. The van der Waals surface area contributed by atoms with Gasteiger partial charge in [0, 0.05) is 12.6 Å². The average molecular weight is 215 g/mol. The zero-order chi connectivity index (χ0) is 7.84. The summed E-state index contributed by atoms with van der Waals surface area (Å²) in [5.74, 6) is 0.292. The molecule has 0 bridgehead atoms. The Morgan fingerprint density at radius 2 is 2.55 bits per heavy atom. The van der Waals surface area contributed by atoms with Crippen molar-refractivity contribution < 1.29 is 4.79 Å². The maximum Gasteiger partial charge on any atom is 0.157 e. The minimum atomic E-state index is 0.0151. The standard InChI is InChI=1S/C7H7BrN2O/c8-7-3-4-10(9-7)5-1-2-6(5)11/h3-5H,1-2H2. The van der Waals surface area contributed by atoms with Gasteiger partial charge in [-0.2, -0.15) is 5.10 Å². The molecule has 0 saturated heterocycles. The molecule has 4 heteroatoms. The van der Waals surface area contributed by atoms with Crippen molar-refractivity contribution >= 4 is 21.7 Å². The number of hydrogen-bond donors (Lipinski definition) is 0. The molecule has 1 saturated carbocycles. The monoisotopic (exact) mass is 214 g/mol. The molecule has 1 aliphatic carbocycles. The summed E-state index contributed by atoms with van der Waals surface area (Å²) in [4.78, 5) is 11.0. The molecular formula is C7H7BrN2O. The number of hydrogen-bond acceptors (Lipinski definition) is 2. The van der Waals surface area contributed by atoms with Crippen LogP contribution in [0.3, 0.4) is 0 Å². The number of aromatic nitrogens is 2. The zero-order valence-corrected chi connectivity index (χ0v) is 7.41. The molecule has 0 N–H and O–H groups in total. The Bertz CT molecular complexity index is 294. The molecule has 11 heavy (non-hydrogen) atoms. The minimum absolute atomic E-state index is 0.0151. The number of nitrogens with zero attached hydrogens (tertiary/aromatic N) is 2. The summed E-state index contributed by atoms with van der Waals surface area (Å²) >= 11 is 3.23. The molecule has 0 aromatic carbocycles. The van der Waals surface area contributed by atoms with Gasteiger partial charge in [-0.1, -0.05) is 0 Å². The predicted octanol–water partition coefficient (Wildman–Crippen LogP) is 1.55. The lowest BCUT2D eigenvalue weighted by Gasteiger charge is -2.23. The molecule has 1 atom stereocenters. The Labute approximate surface area is 72.5 Å². The van der Waals surface area contributed by atoms with Gasteiger partial charge in [-0.3, -0.25) is 9.48 Å². The lowest BCUT2D eigenvalue weighted by atomic mass is 9.92. The Morgan fingerprint density at radius 3 is 2.91 bits per heavy atom. The van der Waals surface area contributed by atoms with Crippen molar-refractivity contribution in [3.8, 4) is 0 Å². The van der Waals surface area contributed by atoms with Crippen molar-refractivity contribution in [2.24, 2.45) is 0 Å². The summed E-state index contributed by atoms with van der Waals surface area (Å²) in [6.45, 7) is 0. The summed E-state index contributed by atoms with van der Waals surface area (Å²) in [7, 11) is 0. The lowest BCUT2D eigenvalue weighted by Crippen LogP contribution is -2.29. The van der Waals surface area contributed by atoms with E-state index in [1.165, 1.54) is 0 Å². The first-order chi connectivity index (χ1) is 5.27. The number of rotatable bonds is 1.